The fourth-order valence-corrected chi connectivity index (χ4v) is 2.34. The van der Waals surface area contributed by atoms with E-state index in [-0.39, 0.29) is 10.9 Å². The molecular formula is C18H14ClFN4O. The van der Waals surface area contributed by atoms with Gasteiger partial charge in [-0.15, -0.1) is 10.2 Å². The van der Waals surface area contributed by atoms with E-state index in [1.165, 1.54) is 18.2 Å². The molecule has 7 heteroatoms. The van der Waals surface area contributed by atoms with Crippen molar-refractivity contribution in [1.82, 2.24) is 10.2 Å². The van der Waals surface area contributed by atoms with E-state index in [1.54, 1.807) is 24.3 Å². The number of amides is 1. The molecule has 0 fully saturated rings. The van der Waals surface area contributed by atoms with E-state index in [1.807, 2.05) is 19.1 Å². The zero-order chi connectivity index (χ0) is 17.8. The number of nitrogens with one attached hydrogen (secondary N) is 2. The minimum absolute atomic E-state index is 0.0139. The molecule has 25 heavy (non-hydrogen) atoms. The number of hydrogen-bond donors (Lipinski definition) is 2. The largest absolute Gasteiger partial charge is 0.339 e. The van der Waals surface area contributed by atoms with Crippen LogP contribution in [0.1, 0.15) is 15.9 Å². The lowest BCUT2D eigenvalue weighted by atomic mass is 10.1. The topological polar surface area (TPSA) is 66.9 Å². The maximum absolute atomic E-state index is 13.1. The quantitative estimate of drug-likeness (QED) is 0.718. The molecule has 0 aliphatic carbocycles. The molecule has 0 saturated carbocycles. The summed E-state index contributed by atoms with van der Waals surface area (Å²) in [6.45, 7) is 1.92. The van der Waals surface area contributed by atoms with Crippen LogP contribution in [0.4, 0.5) is 21.7 Å². The minimum Gasteiger partial charge on any atom is -0.339 e. The Hall–Kier alpha value is -2.99. The van der Waals surface area contributed by atoms with Gasteiger partial charge in [0.15, 0.2) is 11.6 Å². The number of aromatic nitrogens is 2. The summed E-state index contributed by atoms with van der Waals surface area (Å²) in [5, 5.41) is 13.6. The molecule has 1 amide bonds. The molecule has 0 unspecified atom stereocenters. The monoisotopic (exact) mass is 356 g/mol. The summed E-state index contributed by atoms with van der Waals surface area (Å²) in [5.74, 6) is 0.0157. The van der Waals surface area contributed by atoms with E-state index in [9.17, 15) is 9.18 Å². The second kappa shape index (κ2) is 7.27. The lowest BCUT2D eigenvalue weighted by Gasteiger charge is -2.07. The van der Waals surface area contributed by atoms with Gasteiger partial charge >= 0.3 is 0 Å². The zero-order valence-corrected chi connectivity index (χ0v) is 14.0. The number of carbonyl (C=O) groups is 1. The van der Waals surface area contributed by atoms with Crippen molar-refractivity contribution < 1.29 is 9.18 Å². The third kappa shape index (κ3) is 4.30. The Morgan fingerprint density at radius 2 is 1.80 bits per heavy atom. The Morgan fingerprint density at radius 3 is 2.48 bits per heavy atom. The number of halogens is 2. The number of rotatable bonds is 4. The van der Waals surface area contributed by atoms with E-state index in [4.69, 9.17) is 11.6 Å². The van der Waals surface area contributed by atoms with Gasteiger partial charge in [0.1, 0.15) is 5.82 Å². The Labute approximate surface area is 148 Å². The number of anilines is 3. The van der Waals surface area contributed by atoms with Crippen molar-refractivity contribution in [2.45, 2.75) is 6.92 Å². The van der Waals surface area contributed by atoms with E-state index in [2.05, 4.69) is 20.8 Å². The van der Waals surface area contributed by atoms with Gasteiger partial charge in [0.05, 0.1) is 5.02 Å². The highest BCUT2D eigenvalue weighted by atomic mass is 35.5. The molecule has 0 atom stereocenters. The maximum atomic E-state index is 13.1. The Balaban J connectivity index is 1.67. The van der Waals surface area contributed by atoms with Crippen LogP contribution in [0.2, 0.25) is 5.02 Å². The van der Waals surface area contributed by atoms with Crippen molar-refractivity contribution in [3.63, 3.8) is 0 Å². The average Bonchev–Trinajstić information content (AvgIpc) is 2.60. The van der Waals surface area contributed by atoms with Crippen molar-refractivity contribution >= 4 is 34.8 Å². The summed E-state index contributed by atoms with van der Waals surface area (Å²) >= 11 is 5.73. The summed E-state index contributed by atoms with van der Waals surface area (Å²) in [5.41, 5.74) is 2.12. The maximum Gasteiger partial charge on any atom is 0.256 e. The van der Waals surface area contributed by atoms with E-state index >= 15 is 0 Å². The van der Waals surface area contributed by atoms with Gasteiger partial charge in [-0.3, -0.25) is 4.79 Å². The van der Waals surface area contributed by atoms with Crippen molar-refractivity contribution in [2.24, 2.45) is 0 Å². The second-order valence-corrected chi connectivity index (χ2v) is 5.79. The van der Waals surface area contributed by atoms with Gasteiger partial charge < -0.3 is 10.6 Å². The number of hydrogen-bond acceptors (Lipinski definition) is 4. The Bertz CT molecular complexity index is 915. The van der Waals surface area contributed by atoms with Crippen LogP contribution in [0.5, 0.6) is 0 Å². The van der Waals surface area contributed by atoms with Crippen LogP contribution in [0.25, 0.3) is 0 Å². The molecule has 0 aliphatic rings. The van der Waals surface area contributed by atoms with Crippen molar-refractivity contribution in [3.8, 4) is 0 Å². The third-order valence-electron chi connectivity index (χ3n) is 3.38. The van der Waals surface area contributed by atoms with Crippen molar-refractivity contribution in [1.29, 1.82) is 0 Å². The van der Waals surface area contributed by atoms with Gasteiger partial charge in [-0.2, -0.15) is 0 Å². The lowest BCUT2D eigenvalue weighted by Crippen LogP contribution is -2.13. The molecule has 1 aromatic heterocycles. The van der Waals surface area contributed by atoms with E-state index in [0.717, 1.165) is 5.56 Å². The predicted molar refractivity (Wildman–Crippen MR) is 95.9 cm³/mol. The van der Waals surface area contributed by atoms with Crippen LogP contribution >= 0.6 is 11.6 Å². The molecule has 0 saturated heterocycles. The van der Waals surface area contributed by atoms with Gasteiger partial charge in [0.25, 0.3) is 5.91 Å². The summed E-state index contributed by atoms with van der Waals surface area (Å²) in [7, 11) is 0. The molecule has 1 heterocycles. The smallest absolute Gasteiger partial charge is 0.256 e. The first-order valence-electron chi connectivity index (χ1n) is 7.45. The zero-order valence-electron chi connectivity index (χ0n) is 13.3. The molecule has 0 radical (unpaired) electrons. The normalized spacial score (nSPS) is 10.4. The number of carbonyl (C=O) groups excluding carboxylic acids is 1. The van der Waals surface area contributed by atoms with Gasteiger partial charge in [-0.05, 0) is 49.4 Å². The fourth-order valence-electron chi connectivity index (χ4n) is 2.16. The van der Waals surface area contributed by atoms with E-state index in [0.29, 0.717) is 22.9 Å². The fraction of sp³-hybridized carbons (Fsp3) is 0.0556. The highest BCUT2D eigenvalue weighted by molar-refractivity contribution is 6.31. The molecule has 3 aromatic rings. The SMILES string of the molecule is Cc1cccc(C(=O)Nc2ccc(Nc3ccc(F)c(Cl)c3)nn2)c1. The van der Waals surface area contributed by atoms with Crippen LogP contribution in [0.15, 0.2) is 54.6 Å². The van der Waals surface area contributed by atoms with Gasteiger partial charge in [-0.1, -0.05) is 29.3 Å². The first-order valence-corrected chi connectivity index (χ1v) is 7.83. The molecule has 0 spiro atoms. The third-order valence-corrected chi connectivity index (χ3v) is 3.67. The second-order valence-electron chi connectivity index (χ2n) is 5.38. The molecule has 0 aliphatic heterocycles. The highest BCUT2D eigenvalue weighted by Crippen LogP contribution is 2.22. The minimum atomic E-state index is -0.493. The van der Waals surface area contributed by atoms with Crippen LogP contribution in [0, 0.1) is 12.7 Å². The lowest BCUT2D eigenvalue weighted by molar-refractivity contribution is 0.102. The Kier molecular flexibility index (Phi) is 4.90. The molecule has 5 nitrogen and oxygen atoms in total. The molecule has 3 rings (SSSR count). The molecule has 126 valence electrons. The number of nitrogens with zero attached hydrogens (tertiary/aromatic N) is 2. The number of aryl methyl sites for hydroxylation is 1. The van der Waals surface area contributed by atoms with Crippen molar-refractivity contribution in [2.75, 3.05) is 10.6 Å². The summed E-state index contributed by atoms with van der Waals surface area (Å²) < 4.78 is 13.1. The van der Waals surface area contributed by atoms with E-state index < -0.39 is 5.82 Å². The number of benzene rings is 2. The van der Waals surface area contributed by atoms with Gasteiger partial charge in [0.2, 0.25) is 0 Å². The average molecular weight is 357 g/mol. The summed E-state index contributed by atoms with van der Waals surface area (Å²) in [4.78, 5) is 12.2. The molecule has 2 aromatic carbocycles. The molecular weight excluding hydrogens is 343 g/mol. The first kappa shape index (κ1) is 16.9. The summed E-state index contributed by atoms with van der Waals surface area (Å²) in [6, 6.07) is 14.8. The van der Waals surface area contributed by atoms with Crippen LogP contribution in [-0.2, 0) is 0 Å². The van der Waals surface area contributed by atoms with Crippen LogP contribution in [0.3, 0.4) is 0 Å². The molecule has 0 bridgehead atoms. The Morgan fingerprint density at radius 1 is 1.04 bits per heavy atom. The van der Waals surface area contributed by atoms with Gasteiger partial charge in [-0.25, -0.2) is 4.39 Å². The standard InChI is InChI=1S/C18H14ClFN4O/c1-11-3-2-4-12(9-11)18(25)22-17-8-7-16(23-24-17)21-13-5-6-15(20)14(19)10-13/h2-10H,1H3,(H,21,23)(H,22,24,25). The van der Waals surface area contributed by atoms with Gasteiger partial charge in [0, 0.05) is 11.3 Å². The summed E-state index contributed by atoms with van der Waals surface area (Å²) in [6.07, 6.45) is 0. The highest BCUT2D eigenvalue weighted by Gasteiger charge is 2.08. The van der Waals surface area contributed by atoms with Crippen LogP contribution < -0.4 is 10.6 Å². The van der Waals surface area contributed by atoms with Crippen molar-refractivity contribution in [3.05, 3.63) is 76.6 Å². The van der Waals surface area contributed by atoms with Crippen LogP contribution in [-0.4, -0.2) is 16.1 Å². The molecule has 2 N–H and O–H groups in total. The predicted octanol–water partition coefficient (Wildman–Crippen LogP) is 4.57. The first-order chi connectivity index (χ1) is 12.0.